The molecular formula is C15H18F3NO2. The van der Waals surface area contributed by atoms with Gasteiger partial charge >= 0.3 is 5.97 Å². The summed E-state index contributed by atoms with van der Waals surface area (Å²) in [6.45, 7) is 2.07. The summed E-state index contributed by atoms with van der Waals surface area (Å²) >= 11 is 0. The van der Waals surface area contributed by atoms with Crippen molar-refractivity contribution in [1.82, 2.24) is 0 Å². The van der Waals surface area contributed by atoms with E-state index in [0.29, 0.717) is 19.1 Å². The molecule has 2 atom stereocenters. The molecule has 2 rings (SSSR count). The highest BCUT2D eigenvalue weighted by molar-refractivity contribution is 5.72. The topological polar surface area (TPSA) is 38.3 Å². The van der Waals surface area contributed by atoms with Crippen LogP contribution in [0.15, 0.2) is 12.1 Å². The highest BCUT2D eigenvalue weighted by Crippen LogP contribution is 2.29. The van der Waals surface area contributed by atoms with E-state index in [0.717, 1.165) is 25.3 Å². The van der Waals surface area contributed by atoms with Crippen LogP contribution in [0.4, 0.5) is 18.9 Å². The maximum Gasteiger partial charge on any atom is 0.308 e. The molecule has 6 heteroatoms. The van der Waals surface area contributed by atoms with Gasteiger partial charge in [-0.25, -0.2) is 13.2 Å². The number of ether oxygens (including phenoxy) is 1. The molecule has 0 heterocycles. The molecule has 0 aliphatic heterocycles. The fourth-order valence-corrected chi connectivity index (χ4v) is 2.65. The fourth-order valence-electron chi connectivity index (χ4n) is 2.65. The van der Waals surface area contributed by atoms with Gasteiger partial charge in [0, 0.05) is 18.2 Å². The quantitative estimate of drug-likeness (QED) is 0.681. The Morgan fingerprint density at radius 2 is 1.95 bits per heavy atom. The Hall–Kier alpha value is -1.72. The Kier molecular flexibility index (Phi) is 5.09. The van der Waals surface area contributed by atoms with Crippen LogP contribution in [-0.4, -0.2) is 18.6 Å². The maximum absolute atomic E-state index is 13.6. The van der Waals surface area contributed by atoms with Crippen LogP contribution in [0.5, 0.6) is 0 Å². The molecule has 1 aliphatic carbocycles. The van der Waals surface area contributed by atoms with Gasteiger partial charge in [-0.1, -0.05) is 6.42 Å². The van der Waals surface area contributed by atoms with Gasteiger partial charge in [0.05, 0.1) is 18.2 Å². The molecule has 1 aromatic rings. The largest absolute Gasteiger partial charge is 0.466 e. The summed E-state index contributed by atoms with van der Waals surface area (Å²) in [5.41, 5.74) is -0.0802. The van der Waals surface area contributed by atoms with Gasteiger partial charge < -0.3 is 10.1 Å². The number of rotatable bonds is 4. The molecule has 116 valence electrons. The first-order chi connectivity index (χ1) is 10.0. The normalized spacial score (nSPS) is 21.9. The number of carbonyl (C=O) groups excluding carboxylic acids is 1. The zero-order chi connectivity index (χ0) is 15.4. The summed E-state index contributed by atoms with van der Waals surface area (Å²) in [5.74, 6) is -3.64. The first kappa shape index (κ1) is 15.7. The molecule has 1 fully saturated rings. The zero-order valence-corrected chi connectivity index (χ0v) is 11.8. The van der Waals surface area contributed by atoms with Crippen molar-refractivity contribution >= 4 is 11.7 Å². The maximum atomic E-state index is 13.6. The zero-order valence-electron chi connectivity index (χ0n) is 11.8. The number of nitrogens with one attached hydrogen (secondary N) is 1. The van der Waals surface area contributed by atoms with Gasteiger partial charge in [0.15, 0.2) is 11.6 Å². The smallest absolute Gasteiger partial charge is 0.308 e. The predicted molar refractivity (Wildman–Crippen MR) is 72.3 cm³/mol. The van der Waals surface area contributed by atoms with Gasteiger partial charge in [0.25, 0.3) is 0 Å². The average Bonchev–Trinajstić information content (AvgIpc) is 2.45. The number of esters is 1. The van der Waals surface area contributed by atoms with E-state index in [-0.39, 0.29) is 23.6 Å². The number of benzene rings is 1. The Morgan fingerprint density at radius 1 is 1.24 bits per heavy atom. The Morgan fingerprint density at radius 3 is 2.67 bits per heavy atom. The molecule has 0 radical (unpaired) electrons. The van der Waals surface area contributed by atoms with E-state index in [2.05, 4.69) is 5.32 Å². The number of hydrogen-bond donors (Lipinski definition) is 1. The van der Waals surface area contributed by atoms with Crippen molar-refractivity contribution in [2.45, 2.75) is 38.6 Å². The summed E-state index contributed by atoms with van der Waals surface area (Å²) in [6.07, 6.45) is 2.77. The van der Waals surface area contributed by atoms with Crippen molar-refractivity contribution in [3.63, 3.8) is 0 Å². The molecular weight excluding hydrogens is 283 g/mol. The van der Waals surface area contributed by atoms with Crippen molar-refractivity contribution in [2.24, 2.45) is 5.92 Å². The summed E-state index contributed by atoms with van der Waals surface area (Å²) in [6, 6.07) is 1.16. The van der Waals surface area contributed by atoms with Crippen molar-refractivity contribution in [2.75, 3.05) is 11.9 Å². The third-order valence-electron chi connectivity index (χ3n) is 3.66. The second-order valence-electron chi connectivity index (χ2n) is 5.20. The standard InChI is InChI=1S/C15H18F3NO2/c1-2-21-15(20)9-4-3-5-10(6-9)19-14-8-12(17)11(16)7-13(14)18/h7-10,19H,2-6H2,1H3. The lowest BCUT2D eigenvalue weighted by Gasteiger charge is -2.29. The summed E-state index contributed by atoms with van der Waals surface area (Å²) < 4.78 is 44.6. The molecule has 2 unspecified atom stereocenters. The number of halogens is 3. The van der Waals surface area contributed by atoms with Crippen LogP contribution >= 0.6 is 0 Å². The van der Waals surface area contributed by atoms with Crippen LogP contribution in [-0.2, 0) is 9.53 Å². The first-order valence-corrected chi connectivity index (χ1v) is 7.09. The number of carbonyl (C=O) groups is 1. The highest BCUT2D eigenvalue weighted by Gasteiger charge is 2.28. The summed E-state index contributed by atoms with van der Waals surface area (Å²) in [5, 5.41) is 2.85. The van der Waals surface area contributed by atoms with E-state index >= 15 is 0 Å². The van der Waals surface area contributed by atoms with Crippen molar-refractivity contribution in [3.8, 4) is 0 Å². The molecule has 0 aromatic heterocycles. The third kappa shape index (κ3) is 3.89. The van der Waals surface area contributed by atoms with Crippen molar-refractivity contribution in [1.29, 1.82) is 0 Å². The number of hydrogen-bond acceptors (Lipinski definition) is 3. The lowest BCUT2D eigenvalue weighted by molar-refractivity contribution is -0.149. The van der Waals surface area contributed by atoms with Crippen LogP contribution in [0.3, 0.4) is 0 Å². The van der Waals surface area contributed by atoms with Crippen LogP contribution in [0.1, 0.15) is 32.6 Å². The van der Waals surface area contributed by atoms with Crippen LogP contribution in [0, 0.1) is 23.4 Å². The van der Waals surface area contributed by atoms with Gasteiger partial charge in [-0.05, 0) is 26.2 Å². The van der Waals surface area contributed by atoms with Gasteiger partial charge in [-0.15, -0.1) is 0 Å². The lowest BCUT2D eigenvalue weighted by Crippen LogP contribution is -2.32. The summed E-state index contributed by atoms with van der Waals surface area (Å²) in [4.78, 5) is 11.7. The molecule has 3 nitrogen and oxygen atoms in total. The van der Waals surface area contributed by atoms with Crippen LogP contribution in [0.25, 0.3) is 0 Å². The SMILES string of the molecule is CCOC(=O)C1CCCC(Nc2cc(F)c(F)cc2F)C1. The predicted octanol–water partition coefficient (Wildman–Crippen LogP) is 3.64. The molecule has 1 aliphatic rings. The van der Waals surface area contributed by atoms with E-state index in [1.54, 1.807) is 6.92 Å². The minimum Gasteiger partial charge on any atom is -0.466 e. The molecule has 0 saturated heterocycles. The van der Waals surface area contributed by atoms with E-state index in [1.165, 1.54) is 0 Å². The van der Waals surface area contributed by atoms with E-state index in [4.69, 9.17) is 4.74 Å². The van der Waals surface area contributed by atoms with Crippen molar-refractivity contribution in [3.05, 3.63) is 29.6 Å². The molecule has 1 aromatic carbocycles. The highest BCUT2D eigenvalue weighted by atomic mass is 19.2. The molecule has 1 N–H and O–H groups in total. The fraction of sp³-hybridized carbons (Fsp3) is 0.533. The molecule has 0 amide bonds. The van der Waals surface area contributed by atoms with E-state index in [9.17, 15) is 18.0 Å². The Bertz CT molecular complexity index is 522. The second-order valence-corrected chi connectivity index (χ2v) is 5.20. The van der Waals surface area contributed by atoms with Gasteiger partial charge in [-0.3, -0.25) is 4.79 Å². The molecule has 21 heavy (non-hydrogen) atoms. The average molecular weight is 301 g/mol. The third-order valence-corrected chi connectivity index (χ3v) is 3.66. The van der Waals surface area contributed by atoms with Crippen LogP contribution in [0.2, 0.25) is 0 Å². The minimum atomic E-state index is -1.22. The van der Waals surface area contributed by atoms with Crippen LogP contribution < -0.4 is 5.32 Å². The van der Waals surface area contributed by atoms with Crippen molar-refractivity contribution < 1.29 is 22.7 Å². The monoisotopic (exact) mass is 301 g/mol. The van der Waals surface area contributed by atoms with E-state index < -0.39 is 17.5 Å². The van der Waals surface area contributed by atoms with E-state index in [1.807, 2.05) is 0 Å². The Balaban J connectivity index is 2.03. The first-order valence-electron chi connectivity index (χ1n) is 7.09. The van der Waals surface area contributed by atoms with Gasteiger partial charge in [-0.2, -0.15) is 0 Å². The van der Waals surface area contributed by atoms with Gasteiger partial charge in [0.2, 0.25) is 0 Å². The Labute approximate surface area is 121 Å². The van der Waals surface area contributed by atoms with Gasteiger partial charge in [0.1, 0.15) is 5.82 Å². The number of anilines is 1. The lowest BCUT2D eigenvalue weighted by atomic mass is 9.85. The molecule has 1 saturated carbocycles. The summed E-state index contributed by atoms with van der Waals surface area (Å²) in [7, 11) is 0. The molecule has 0 spiro atoms. The second kappa shape index (κ2) is 6.83. The minimum absolute atomic E-state index is 0.0802. The molecule has 0 bridgehead atoms.